The molecule has 0 spiro atoms. The summed E-state index contributed by atoms with van der Waals surface area (Å²) in [5.41, 5.74) is 2.00. The van der Waals surface area contributed by atoms with Crippen molar-refractivity contribution in [3.05, 3.63) is 35.4 Å². The molecule has 98 valence electrons. The van der Waals surface area contributed by atoms with Crippen molar-refractivity contribution < 1.29 is 9.53 Å². The number of alkyl halides is 1. The average Bonchev–Trinajstić information content (AvgIpc) is 3.20. The highest BCUT2D eigenvalue weighted by Crippen LogP contribution is 2.49. The molecule has 0 amide bonds. The number of ether oxygens (including phenoxy) is 1. The van der Waals surface area contributed by atoms with E-state index in [-0.39, 0.29) is 11.4 Å². The van der Waals surface area contributed by atoms with Gasteiger partial charge in [0.2, 0.25) is 0 Å². The van der Waals surface area contributed by atoms with Gasteiger partial charge in [0.05, 0.1) is 12.0 Å². The monoisotopic (exact) mass is 310 g/mol. The molecule has 0 unspecified atom stereocenters. The van der Waals surface area contributed by atoms with Gasteiger partial charge in [0, 0.05) is 5.33 Å². The molecule has 0 N–H and O–H groups in total. The molecule has 1 aromatic rings. The van der Waals surface area contributed by atoms with Crippen molar-refractivity contribution in [1.29, 1.82) is 0 Å². The largest absolute Gasteiger partial charge is 0.465 e. The third-order valence-electron chi connectivity index (χ3n) is 3.53. The summed E-state index contributed by atoms with van der Waals surface area (Å²) in [6.45, 7) is 2.65. The number of rotatable bonds is 6. The molecule has 0 radical (unpaired) electrons. The van der Waals surface area contributed by atoms with Crippen molar-refractivity contribution in [1.82, 2.24) is 0 Å². The summed E-state index contributed by atoms with van der Waals surface area (Å²) >= 11 is 3.43. The van der Waals surface area contributed by atoms with Crippen LogP contribution in [0.3, 0.4) is 0 Å². The Labute approximate surface area is 117 Å². The van der Waals surface area contributed by atoms with E-state index < -0.39 is 0 Å². The molecule has 0 aliphatic heterocycles. The molecule has 0 saturated heterocycles. The van der Waals surface area contributed by atoms with Crippen molar-refractivity contribution in [2.75, 3.05) is 6.61 Å². The highest BCUT2D eigenvalue weighted by molar-refractivity contribution is 9.08. The third-order valence-corrected chi connectivity index (χ3v) is 4.18. The Hall–Kier alpha value is -0.830. The van der Waals surface area contributed by atoms with Gasteiger partial charge in [-0.1, -0.05) is 53.5 Å². The molecule has 1 saturated carbocycles. The lowest BCUT2D eigenvalue weighted by Gasteiger charge is -2.15. The van der Waals surface area contributed by atoms with E-state index >= 15 is 0 Å². The van der Waals surface area contributed by atoms with Gasteiger partial charge in [-0.2, -0.15) is 0 Å². The van der Waals surface area contributed by atoms with Gasteiger partial charge in [-0.3, -0.25) is 4.79 Å². The van der Waals surface area contributed by atoms with E-state index in [1.165, 1.54) is 5.56 Å². The summed E-state index contributed by atoms with van der Waals surface area (Å²) in [4.78, 5) is 12.1. The SMILES string of the molecule is CCCCOC(=O)C1(c2ccc(CBr)cc2)CC1. The van der Waals surface area contributed by atoms with Crippen LogP contribution in [-0.4, -0.2) is 12.6 Å². The molecule has 0 bridgehead atoms. The second-order valence-electron chi connectivity index (χ2n) is 4.90. The number of hydrogen-bond donors (Lipinski definition) is 0. The third kappa shape index (κ3) is 2.77. The maximum absolute atomic E-state index is 12.1. The van der Waals surface area contributed by atoms with Crippen molar-refractivity contribution in [3.63, 3.8) is 0 Å². The lowest BCUT2D eigenvalue weighted by molar-refractivity contribution is -0.146. The fraction of sp³-hybridized carbons (Fsp3) is 0.533. The van der Waals surface area contributed by atoms with Gasteiger partial charge in [-0.25, -0.2) is 0 Å². The number of benzene rings is 1. The van der Waals surface area contributed by atoms with Gasteiger partial charge in [0.15, 0.2) is 0 Å². The second-order valence-corrected chi connectivity index (χ2v) is 5.46. The molecular weight excluding hydrogens is 292 g/mol. The molecule has 1 aliphatic rings. The van der Waals surface area contributed by atoms with Crippen LogP contribution in [0.25, 0.3) is 0 Å². The maximum Gasteiger partial charge on any atom is 0.316 e. The topological polar surface area (TPSA) is 26.3 Å². The number of hydrogen-bond acceptors (Lipinski definition) is 2. The van der Waals surface area contributed by atoms with Crippen LogP contribution in [0.2, 0.25) is 0 Å². The summed E-state index contributed by atoms with van der Waals surface area (Å²) < 4.78 is 5.37. The first-order chi connectivity index (χ1) is 8.73. The Morgan fingerprint density at radius 2 is 2.00 bits per heavy atom. The van der Waals surface area contributed by atoms with Crippen LogP contribution in [0, 0.1) is 0 Å². The fourth-order valence-electron chi connectivity index (χ4n) is 2.10. The van der Waals surface area contributed by atoms with Crippen molar-refractivity contribution in [2.45, 2.75) is 43.4 Å². The summed E-state index contributed by atoms with van der Waals surface area (Å²) in [6, 6.07) is 8.27. The quantitative estimate of drug-likeness (QED) is 0.452. The standard InChI is InChI=1S/C15H19BrO2/c1-2-3-10-18-14(17)15(8-9-15)13-6-4-12(11-16)5-7-13/h4-7H,2-3,8-11H2,1H3. The zero-order chi connectivity index (χ0) is 13.0. The zero-order valence-corrected chi connectivity index (χ0v) is 12.3. The summed E-state index contributed by atoms with van der Waals surface area (Å²) in [5.74, 6) is -0.0393. The second kappa shape index (κ2) is 5.87. The molecule has 2 nitrogen and oxygen atoms in total. The predicted octanol–water partition coefficient (Wildman–Crippen LogP) is 3.96. The Morgan fingerprint density at radius 1 is 1.33 bits per heavy atom. The molecule has 1 aliphatic carbocycles. The lowest BCUT2D eigenvalue weighted by Crippen LogP contribution is -2.23. The van der Waals surface area contributed by atoms with Crippen LogP contribution >= 0.6 is 15.9 Å². The van der Waals surface area contributed by atoms with Crippen LogP contribution in [-0.2, 0) is 20.3 Å². The number of halogens is 1. The number of esters is 1. The van der Waals surface area contributed by atoms with Crippen LogP contribution in [0.5, 0.6) is 0 Å². The Morgan fingerprint density at radius 3 is 2.50 bits per heavy atom. The molecule has 1 aromatic carbocycles. The van der Waals surface area contributed by atoms with E-state index in [1.54, 1.807) is 0 Å². The van der Waals surface area contributed by atoms with Gasteiger partial charge >= 0.3 is 5.97 Å². The highest BCUT2D eigenvalue weighted by Gasteiger charge is 2.52. The van der Waals surface area contributed by atoms with Crippen molar-refractivity contribution >= 4 is 21.9 Å². The van der Waals surface area contributed by atoms with Crippen LogP contribution < -0.4 is 0 Å². The minimum Gasteiger partial charge on any atom is -0.465 e. The van der Waals surface area contributed by atoms with E-state index in [0.717, 1.165) is 36.6 Å². The van der Waals surface area contributed by atoms with Crippen molar-refractivity contribution in [3.8, 4) is 0 Å². The molecule has 2 rings (SSSR count). The molecule has 1 fully saturated rings. The average molecular weight is 311 g/mol. The first-order valence-electron chi connectivity index (χ1n) is 6.55. The van der Waals surface area contributed by atoms with E-state index in [9.17, 15) is 4.79 Å². The first kappa shape index (κ1) is 13.6. The zero-order valence-electron chi connectivity index (χ0n) is 10.7. The molecule has 3 heteroatoms. The first-order valence-corrected chi connectivity index (χ1v) is 7.67. The maximum atomic E-state index is 12.1. The van der Waals surface area contributed by atoms with Crippen molar-refractivity contribution in [2.24, 2.45) is 0 Å². The van der Waals surface area contributed by atoms with Gasteiger partial charge in [-0.15, -0.1) is 0 Å². The fourth-order valence-corrected chi connectivity index (χ4v) is 2.47. The molecule has 0 aromatic heterocycles. The van der Waals surface area contributed by atoms with Crippen LogP contribution in [0.15, 0.2) is 24.3 Å². The highest BCUT2D eigenvalue weighted by atomic mass is 79.9. The van der Waals surface area contributed by atoms with E-state index in [4.69, 9.17) is 4.74 Å². The molecule has 0 heterocycles. The van der Waals surface area contributed by atoms with E-state index in [2.05, 4.69) is 47.1 Å². The Bertz CT molecular complexity index is 407. The van der Waals surface area contributed by atoms with Crippen LogP contribution in [0.1, 0.15) is 43.7 Å². The molecule has 18 heavy (non-hydrogen) atoms. The van der Waals surface area contributed by atoms with Gasteiger partial charge < -0.3 is 4.74 Å². The number of unbranched alkanes of at least 4 members (excludes halogenated alkanes) is 1. The predicted molar refractivity (Wildman–Crippen MR) is 75.9 cm³/mol. The minimum atomic E-state index is -0.335. The Kier molecular flexibility index (Phi) is 4.44. The smallest absolute Gasteiger partial charge is 0.316 e. The van der Waals surface area contributed by atoms with Gasteiger partial charge in [0.1, 0.15) is 0 Å². The Balaban J connectivity index is 2.03. The van der Waals surface area contributed by atoms with Gasteiger partial charge in [-0.05, 0) is 30.4 Å². The summed E-state index contributed by atoms with van der Waals surface area (Å²) in [5, 5.41) is 0.848. The minimum absolute atomic E-state index is 0.0393. The molecule has 0 atom stereocenters. The lowest BCUT2D eigenvalue weighted by atomic mass is 9.95. The van der Waals surface area contributed by atoms with E-state index in [0.29, 0.717) is 6.61 Å². The van der Waals surface area contributed by atoms with Gasteiger partial charge in [0.25, 0.3) is 0 Å². The number of carbonyl (C=O) groups is 1. The number of carbonyl (C=O) groups excluding carboxylic acids is 1. The normalized spacial score (nSPS) is 16.3. The molecular formula is C15H19BrO2. The van der Waals surface area contributed by atoms with E-state index in [1.807, 2.05) is 0 Å². The summed E-state index contributed by atoms with van der Waals surface area (Å²) in [7, 11) is 0. The summed E-state index contributed by atoms with van der Waals surface area (Å²) in [6.07, 6.45) is 3.85. The van der Waals surface area contributed by atoms with Crippen LogP contribution in [0.4, 0.5) is 0 Å².